The van der Waals surface area contributed by atoms with Crippen LogP contribution in [0.15, 0.2) is 0 Å². The van der Waals surface area contributed by atoms with Gasteiger partial charge in [0.2, 0.25) is 0 Å². The first-order chi connectivity index (χ1) is 6.75. The van der Waals surface area contributed by atoms with Gasteiger partial charge in [-0.3, -0.25) is 0 Å². The Kier molecular flexibility index (Phi) is 3.42. The summed E-state index contributed by atoms with van der Waals surface area (Å²) in [5, 5.41) is 3.66. The van der Waals surface area contributed by atoms with Gasteiger partial charge in [-0.05, 0) is 32.7 Å². The zero-order valence-corrected chi connectivity index (χ0v) is 9.33. The minimum atomic E-state index is 0.704. The Morgan fingerprint density at radius 3 is 2.93 bits per heavy atom. The molecule has 0 bridgehead atoms. The molecule has 14 heavy (non-hydrogen) atoms. The van der Waals surface area contributed by atoms with Crippen LogP contribution in [-0.2, 0) is 4.74 Å². The van der Waals surface area contributed by atoms with Gasteiger partial charge in [0.25, 0.3) is 0 Å². The fourth-order valence-electron chi connectivity index (χ4n) is 2.42. The normalized spacial score (nSPS) is 39.4. The van der Waals surface area contributed by atoms with E-state index in [9.17, 15) is 0 Å². The van der Waals surface area contributed by atoms with E-state index in [1.165, 1.54) is 19.4 Å². The van der Waals surface area contributed by atoms with Crippen molar-refractivity contribution in [3.63, 3.8) is 0 Å². The molecule has 0 aromatic heterocycles. The summed E-state index contributed by atoms with van der Waals surface area (Å²) in [6.07, 6.45) is 2.54. The average Bonchev–Trinajstić information content (AvgIpc) is 2.74. The van der Waals surface area contributed by atoms with Crippen molar-refractivity contribution in [2.24, 2.45) is 5.92 Å². The topological polar surface area (TPSA) is 24.5 Å². The third-order valence-corrected chi connectivity index (χ3v) is 3.61. The molecule has 1 N–H and O–H groups in total. The Balaban J connectivity index is 1.66. The highest BCUT2D eigenvalue weighted by Crippen LogP contribution is 2.16. The van der Waals surface area contributed by atoms with Crippen LogP contribution < -0.4 is 5.32 Å². The molecular formula is C11H22N2O. The number of likely N-dealkylation sites (N-methyl/N-ethyl adjacent to an activating group) is 1. The van der Waals surface area contributed by atoms with Crippen molar-refractivity contribution in [2.45, 2.75) is 31.8 Å². The molecule has 0 aromatic carbocycles. The third kappa shape index (κ3) is 2.47. The second-order valence-electron chi connectivity index (χ2n) is 4.86. The number of likely N-dealkylation sites (tertiary alicyclic amines) is 1. The number of nitrogens with zero attached hydrogens (tertiary/aromatic N) is 1. The van der Waals surface area contributed by atoms with Crippen molar-refractivity contribution in [2.75, 3.05) is 33.4 Å². The Hall–Kier alpha value is -0.120. The van der Waals surface area contributed by atoms with Crippen LogP contribution in [-0.4, -0.2) is 50.3 Å². The predicted molar refractivity (Wildman–Crippen MR) is 57.4 cm³/mol. The van der Waals surface area contributed by atoms with Gasteiger partial charge in [-0.15, -0.1) is 0 Å². The van der Waals surface area contributed by atoms with Crippen molar-refractivity contribution < 1.29 is 4.74 Å². The molecule has 2 saturated heterocycles. The minimum Gasteiger partial charge on any atom is -0.381 e. The molecule has 3 heteroatoms. The van der Waals surface area contributed by atoms with E-state index in [2.05, 4.69) is 24.2 Å². The number of hydrogen-bond donors (Lipinski definition) is 1. The lowest BCUT2D eigenvalue weighted by atomic mass is 10.1. The first-order valence-corrected chi connectivity index (χ1v) is 5.77. The van der Waals surface area contributed by atoms with Gasteiger partial charge < -0.3 is 15.0 Å². The zero-order chi connectivity index (χ0) is 9.97. The molecule has 0 radical (unpaired) electrons. The fraction of sp³-hybridized carbons (Fsp3) is 1.00. The summed E-state index contributed by atoms with van der Waals surface area (Å²) in [5.41, 5.74) is 0. The lowest BCUT2D eigenvalue weighted by molar-refractivity contribution is 0.184. The molecule has 2 aliphatic rings. The zero-order valence-electron chi connectivity index (χ0n) is 9.33. The van der Waals surface area contributed by atoms with Gasteiger partial charge in [-0.2, -0.15) is 0 Å². The molecule has 82 valence electrons. The van der Waals surface area contributed by atoms with Crippen LogP contribution in [0.2, 0.25) is 0 Å². The molecule has 2 heterocycles. The van der Waals surface area contributed by atoms with Crippen molar-refractivity contribution >= 4 is 0 Å². The number of hydrogen-bond acceptors (Lipinski definition) is 3. The molecule has 0 spiro atoms. The minimum absolute atomic E-state index is 0.704. The predicted octanol–water partition coefficient (Wildman–Crippen LogP) is 0.705. The van der Waals surface area contributed by atoms with E-state index in [0.717, 1.165) is 31.7 Å². The molecule has 3 nitrogen and oxygen atoms in total. The van der Waals surface area contributed by atoms with Crippen molar-refractivity contribution in [3.05, 3.63) is 0 Å². The Morgan fingerprint density at radius 2 is 2.36 bits per heavy atom. The third-order valence-electron chi connectivity index (χ3n) is 3.61. The van der Waals surface area contributed by atoms with Crippen LogP contribution in [0.4, 0.5) is 0 Å². The van der Waals surface area contributed by atoms with Crippen LogP contribution in [0.3, 0.4) is 0 Å². The Bertz CT molecular complexity index is 170. The van der Waals surface area contributed by atoms with E-state index >= 15 is 0 Å². The van der Waals surface area contributed by atoms with E-state index in [-0.39, 0.29) is 0 Å². The van der Waals surface area contributed by atoms with Gasteiger partial charge in [0.05, 0.1) is 6.61 Å². The van der Waals surface area contributed by atoms with Gasteiger partial charge in [-0.25, -0.2) is 0 Å². The maximum atomic E-state index is 5.36. The standard InChI is InChI=1S/C11H22N2O/c1-9-5-11(7-13(9)2)12-6-10-3-4-14-8-10/h9-12H,3-8H2,1-2H3. The molecule has 0 amide bonds. The number of nitrogens with one attached hydrogen (secondary N) is 1. The van der Waals surface area contributed by atoms with Crippen LogP contribution in [0.25, 0.3) is 0 Å². The average molecular weight is 198 g/mol. The quantitative estimate of drug-likeness (QED) is 0.722. The van der Waals surface area contributed by atoms with E-state index in [0.29, 0.717) is 6.04 Å². The van der Waals surface area contributed by atoms with E-state index < -0.39 is 0 Å². The summed E-state index contributed by atoms with van der Waals surface area (Å²) in [7, 11) is 2.21. The van der Waals surface area contributed by atoms with E-state index in [1.807, 2.05) is 0 Å². The van der Waals surface area contributed by atoms with Crippen LogP contribution in [0, 0.1) is 5.92 Å². The van der Waals surface area contributed by atoms with E-state index in [1.54, 1.807) is 0 Å². The number of rotatable bonds is 3. The SMILES string of the molecule is CC1CC(NCC2CCOC2)CN1C. The maximum absolute atomic E-state index is 5.36. The number of ether oxygens (including phenoxy) is 1. The largest absolute Gasteiger partial charge is 0.381 e. The highest BCUT2D eigenvalue weighted by Gasteiger charge is 2.26. The van der Waals surface area contributed by atoms with Crippen molar-refractivity contribution in [1.29, 1.82) is 0 Å². The molecule has 0 saturated carbocycles. The summed E-state index contributed by atoms with van der Waals surface area (Å²) in [6.45, 7) is 6.58. The molecule has 3 unspecified atom stereocenters. The van der Waals surface area contributed by atoms with Gasteiger partial charge in [-0.1, -0.05) is 0 Å². The Morgan fingerprint density at radius 1 is 1.50 bits per heavy atom. The van der Waals surface area contributed by atoms with Gasteiger partial charge in [0.1, 0.15) is 0 Å². The molecule has 3 atom stereocenters. The van der Waals surface area contributed by atoms with Gasteiger partial charge >= 0.3 is 0 Å². The second-order valence-corrected chi connectivity index (χ2v) is 4.86. The lowest BCUT2D eigenvalue weighted by Crippen LogP contribution is -2.35. The summed E-state index contributed by atoms with van der Waals surface area (Å²) in [5.74, 6) is 0.760. The molecule has 0 aromatic rings. The van der Waals surface area contributed by atoms with Crippen molar-refractivity contribution in [3.8, 4) is 0 Å². The first-order valence-electron chi connectivity index (χ1n) is 5.77. The summed E-state index contributed by atoms with van der Waals surface area (Å²) in [4.78, 5) is 2.43. The molecule has 2 aliphatic heterocycles. The van der Waals surface area contributed by atoms with Gasteiger partial charge in [0.15, 0.2) is 0 Å². The maximum Gasteiger partial charge on any atom is 0.0507 e. The highest BCUT2D eigenvalue weighted by atomic mass is 16.5. The Labute approximate surface area is 86.8 Å². The smallest absolute Gasteiger partial charge is 0.0507 e. The summed E-state index contributed by atoms with van der Waals surface area (Å²) in [6, 6.07) is 1.45. The van der Waals surface area contributed by atoms with Crippen molar-refractivity contribution in [1.82, 2.24) is 10.2 Å². The summed E-state index contributed by atoms with van der Waals surface area (Å²) >= 11 is 0. The highest BCUT2D eigenvalue weighted by molar-refractivity contribution is 4.85. The molecule has 0 aliphatic carbocycles. The molecule has 2 fully saturated rings. The molecular weight excluding hydrogens is 176 g/mol. The fourth-order valence-corrected chi connectivity index (χ4v) is 2.42. The van der Waals surface area contributed by atoms with E-state index in [4.69, 9.17) is 4.74 Å². The van der Waals surface area contributed by atoms with Crippen LogP contribution >= 0.6 is 0 Å². The second kappa shape index (κ2) is 4.60. The lowest BCUT2D eigenvalue weighted by Gasteiger charge is -2.15. The first kappa shape index (κ1) is 10.4. The monoisotopic (exact) mass is 198 g/mol. The van der Waals surface area contributed by atoms with Crippen LogP contribution in [0.1, 0.15) is 19.8 Å². The molecule has 2 rings (SSSR count). The van der Waals surface area contributed by atoms with Gasteiger partial charge in [0, 0.05) is 31.8 Å². The summed E-state index contributed by atoms with van der Waals surface area (Å²) < 4.78 is 5.36. The van der Waals surface area contributed by atoms with Crippen LogP contribution in [0.5, 0.6) is 0 Å².